The standard InChI is InChI=1S/C22H26ClNO4/c1-5-19(27-16-8-6-7-14(23)11-16)21(25)24-18-13-22(2,3)28-20-12-15(26-4)9-10-17(18)20/h6-12,18-19H,5,13H2,1-4H3,(H,24,25)/t18-,19+/m0/s1. The number of hydrogen-bond donors (Lipinski definition) is 1. The monoisotopic (exact) mass is 403 g/mol. The van der Waals surface area contributed by atoms with Gasteiger partial charge in [0, 0.05) is 23.1 Å². The van der Waals surface area contributed by atoms with Crippen molar-refractivity contribution in [3.63, 3.8) is 0 Å². The Hall–Kier alpha value is -2.40. The van der Waals surface area contributed by atoms with E-state index in [2.05, 4.69) is 5.32 Å². The summed E-state index contributed by atoms with van der Waals surface area (Å²) < 4.78 is 17.3. The van der Waals surface area contributed by atoms with Crippen LogP contribution in [0.3, 0.4) is 0 Å². The van der Waals surface area contributed by atoms with E-state index >= 15 is 0 Å². The van der Waals surface area contributed by atoms with Gasteiger partial charge in [0.2, 0.25) is 0 Å². The zero-order valence-electron chi connectivity index (χ0n) is 16.6. The molecule has 0 saturated carbocycles. The van der Waals surface area contributed by atoms with Gasteiger partial charge < -0.3 is 19.5 Å². The number of carbonyl (C=O) groups excluding carboxylic acids is 1. The lowest BCUT2D eigenvalue weighted by molar-refractivity contribution is -0.129. The Morgan fingerprint density at radius 1 is 1.29 bits per heavy atom. The van der Waals surface area contributed by atoms with Crippen molar-refractivity contribution in [2.45, 2.75) is 51.4 Å². The van der Waals surface area contributed by atoms with Crippen molar-refractivity contribution < 1.29 is 19.0 Å². The van der Waals surface area contributed by atoms with E-state index in [1.807, 2.05) is 39.0 Å². The van der Waals surface area contributed by atoms with Crippen LogP contribution in [0.4, 0.5) is 0 Å². The molecule has 5 nitrogen and oxygen atoms in total. The Labute approximate surface area is 170 Å². The third-order valence-electron chi connectivity index (χ3n) is 4.73. The molecule has 0 bridgehead atoms. The minimum absolute atomic E-state index is 0.160. The van der Waals surface area contributed by atoms with Crippen LogP contribution in [0, 0.1) is 0 Å². The number of methoxy groups -OCH3 is 1. The normalized spacial score (nSPS) is 18.4. The van der Waals surface area contributed by atoms with Gasteiger partial charge in [0.25, 0.3) is 5.91 Å². The molecule has 1 aliphatic heterocycles. The second-order valence-corrected chi connectivity index (χ2v) is 7.94. The van der Waals surface area contributed by atoms with E-state index in [1.54, 1.807) is 31.4 Å². The van der Waals surface area contributed by atoms with Crippen molar-refractivity contribution >= 4 is 17.5 Å². The van der Waals surface area contributed by atoms with E-state index in [4.69, 9.17) is 25.8 Å². The number of halogens is 1. The number of ether oxygens (including phenoxy) is 3. The van der Waals surface area contributed by atoms with E-state index in [9.17, 15) is 4.79 Å². The maximum absolute atomic E-state index is 12.9. The maximum Gasteiger partial charge on any atom is 0.261 e. The molecule has 1 N–H and O–H groups in total. The molecule has 2 aromatic carbocycles. The first-order chi connectivity index (χ1) is 13.3. The maximum atomic E-state index is 12.9. The van der Waals surface area contributed by atoms with Crippen molar-refractivity contribution in [3.05, 3.63) is 53.1 Å². The van der Waals surface area contributed by atoms with Crippen molar-refractivity contribution in [1.82, 2.24) is 5.32 Å². The minimum Gasteiger partial charge on any atom is -0.497 e. The van der Waals surface area contributed by atoms with Gasteiger partial charge in [0.1, 0.15) is 22.8 Å². The van der Waals surface area contributed by atoms with Crippen LogP contribution < -0.4 is 19.5 Å². The van der Waals surface area contributed by atoms with Crippen LogP contribution in [0.25, 0.3) is 0 Å². The Bertz CT molecular complexity index is 852. The number of benzene rings is 2. The number of carbonyl (C=O) groups is 1. The van der Waals surface area contributed by atoms with Crippen molar-refractivity contribution in [2.24, 2.45) is 0 Å². The van der Waals surface area contributed by atoms with Gasteiger partial charge in [-0.05, 0) is 50.6 Å². The largest absolute Gasteiger partial charge is 0.497 e. The molecular weight excluding hydrogens is 378 g/mol. The molecule has 0 aromatic heterocycles. The van der Waals surface area contributed by atoms with Crippen LogP contribution in [-0.2, 0) is 4.79 Å². The summed E-state index contributed by atoms with van der Waals surface area (Å²) in [4.78, 5) is 12.9. The Morgan fingerprint density at radius 2 is 2.07 bits per heavy atom. The first-order valence-electron chi connectivity index (χ1n) is 9.41. The summed E-state index contributed by atoms with van der Waals surface area (Å²) >= 11 is 6.01. The predicted molar refractivity (Wildman–Crippen MR) is 109 cm³/mol. The van der Waals surface area contributed by atoms with Gasteiger partial charge in [-0.2, -0.15) is 0 Å². The third-order valence-corrected chi connectivity index (χ3v) is 4.97. The highest BCUT2D eigenvalue weighted by molar-refractivity contribution is 6.30. The van der Waals surface area contributed by atoms with E-state index in [0.29, 0.717) is 23.6 Å². The van der Waals surface area contributed by atoms with Gasteiger partial charge in [0.15, 0.2) is 6.10 Å². The van der Waals surface area contributed by atoms with Crippen LogP contribution in [0.15, 0.2) is 42.5 Å². The second kappa shape index (κ2) is 8.31. The summed E-state index contributed by atoms with van der Waals surface area (Å²) in [5.41, 5.74) is 0.526. The van der Waals surface area contributed by atoms with Crippen LogP contribution in [0.5, 0.6) is 17.2 Å². The molecule has 3 rings (SSSR count). The van der Waals surface area contributed by atoms with Crippen molar-refractivity contribution in [2.75, 3.05) is 7.11 Å². The Balaban J connectivity index is 1.78. The second-order valence-electron chi connectivity index (χ2n) is 7.50. The lowest BCUT2D eigenvalue weighted by atomic mass is 9.89. The summed E-state index contributed by atoms with van der Waals surface area (Å²) in [7, 11) is 1.62. The molecule has 150 valence electrons. The quantitative estimate of drug-likeness (QED) is 0.743. The molecule has 0 aliphatic carbocycles. The van der Waals surface area contributed by atoms with Crippen LogP contribution >= 0.6 is 11.6 Å². The molecule has 0 saturated heterocycles. The summed E-state index contributed by atoms with van der Waals surface area (Å²) in [5.74, 6) is 1.86. The average Bonchev–Trinajstić information content (AvgIpc) is 2.64. The molecule has 0 unspecified atom stereocenters. The molecule has 2 aromatic rings. The number of nitrogens with one attached hydrogen (secondary N) is 1. The first-order valence-corrected chi connectivity index (χ1v) is 9.78. The van der Waals surface area contributed by atoms with Gasteiger partial charge in [-0.15, -0.1) is 0 Å². The van der Waals surface area contributed by atoms with Gasteiger partial charge in [-0.25, -0.2) is 0 Å². The SMILES string of the molecule is CC[C@@H](Oc1cccc(Cl)c1)C(=O)N[C@H]1CC(C)(C)Oc2cc(OC)ccc21. The highest BCUT2D eigenvalue weighted by Crippen LogP contribution is 2.41. The lowest BCUT2D eigenvalue weighted by Gasteiger charge is -2.38. The molecular formula is C22H26ClNO4. The highest BCUT2D eigenvalue weighted by atomic mass is 35.5. The Morgan fingerprint density at radius 3 is 2.75 bits per heavy atom. The molecule has 1 aliphatic rings. The van der Waals surface area contributed by atoms with Crippen LogP contribution in [0.2, 0.25) is 5.02 Å². The molecule has 1 heterocycles. The Kier molecular flexibility index (Phi) is 6.04. The van der Waals surface area contributed by atoms with Gasteiger partial charge in [0.05, 0.1) is 13.2 Å². The van der Waals surface area contributed by atoms with E-state index in [0.717, 1.165) is 17.1 Å². The van der Waals surface area contributed by atoms with E-state index in [1.165, 1.54) is 0 Å². The number of amides is 1. The lowest BCUT2D eigenvalue weighted by Crippen LogP contribution is -2.45. The van der Waals surface area contributed by atoms with Crippen molar-refractivity contribution in [1.29, 1.82) is 0 Å². The fourth-order valence-corrected chi connectivity index (χ4v) is 3.56. The fraction of sp³-hybridized carbons (Fsp3) is 0.409. The first kappa shape index (κ1) is 20.3. The molecule has 0 radical (unpaired) electrons. The van der Waals surface area contributed by atoms with Gasteiger partial charge in [-0.1, -0.05) is 24.6 Å². The van der Waals surface area contributed by atoms with Gasteiger partial charge >= 0.3 is 0 Å². The fourth-order valence-electron chi connectivity index (χ4n) is 3.38. The van der Waals surface area contributed by atoms with E-state index < -0.39 is 11.7 Å². The molecule has 28 heavy (non-hydrogen) atoms. The molecule has 0 fully saturated rings. The molecule has 2 atom stereocenters. The molecule has 6 heteroatoms. The molecule has 1 amide bonds. The zero-order valence-corrected chi connectivity index (χ0v) is 17.4. The van der Waals surface area contributed by atoms with Crippen molar-refractivity contribution in [3.8, 4) is 17.2 Å². The summed E-state index contributed by atoms with van der Waals surface area (Å²) in [5, 5.41) is 3.71. The van der Waals surface area contributed by atoms with Gasteiger partial charge in [-0.3, -0.25) is 4.79 Å². The molecule has 0 spiro atoms. The minimum atomic E-state index is -0.605. The number of hydrogen-bond acceptors (Lipinski definition) is 4. The number of fused-ring (bicyclic) bond motifs is 1. The zero-order chi connectivity index (χ0) is 20.3. The smallest absolute Gasteiger partial charge is 0.261 e. The van der Waals surface area contributed by atoms with Crippen LogP contribution in [0.1, 0.15) is 45.2 Å². The average molecular weight is 404 g/mol. The summed E-state index contributed by atoms with van der Waals surface area (Å²) in [6.45, 7) is 5.93. The summed E-state index contributed by atoms with van der Waals surface area (Å²) in [6, 6.07) is 12.6. The highest BCUT2D eigenvalue weighted by Gasteiger charge is 2.36. The number of rotatable bonds is 6. The van der Waals surface area contributed by atoms with E-state index in [-0.39, 0.29) is 11.9 Å². The predicted octanol–water partition coefficient (Wildman–Crippen LogP) is 4.92. The third kappa shape index (κ3) is 4.71. The van der Waals surface area contributed by atoms with Crippen LogP contribution in [-0.4, -0.2) is 24.7 Å². The topological polar surface area (TPSA) is 56.8 Å². The summed E-state index contributed by atoms with van der Waals surface area (Å²) in [6.07, 6.45) is 0.595.